The number of carbonyl (C=O) groups is 1. The Bertz CT molecular complexity index is 444. The minimum atomic E-state index is 0.00927. The minimum Gasteiger partial charge on any atom is -0.350 e. The van der Waals surface area contributed by atoms with Gasteiger partial charge in [-0.1, -0.05) is 27.2 Å². The topological polar surface area (TPSA) is 45.2 Å². The number of nitrogens with one attached hydrogen (secondary N) is 1. The van der Waals surface area contributed by atoms with Crippen molar-refractivity contribution in [2.45, 2.75) is 45.4 Å². The maximum atomic E-state index is 12.1. The van der Waals surface area contributed by atoms with Gasteiger partial charge >= 0.3 is 0 Å². The van der Waals surface area contributed by atoms with Crippen LogP contribution in [0.2, 0.25) is 0 Å². The van der Waals surface area contributed by atoms with Gasteiger partial charge in [-0.2, -0.15) is 0 Å². The van der Waals surface area contributed by atoms with E-state index in [1.54, 1.807) is 6.20 Å². The Morgan fingerprint density at radius 2 is 2.05 bits per heavy atom. The molecule has 20 heavy (non-hydrogen) atoms. The Balaban J connectivity index is 1.78. The molecule has 112 valence electrons. The lowest BCUT2D eigenvalue weighted by Gasteiger charge is -2.26. The van der Waals surface area contributed by atoms with Crippen LogP contribution in [0.25, 0.3) is 0 Å². The highest BCUT2D eigenvalue weighted by Gasteiger charge is 2.20. The summed E-state index contributed by atoms with van der Waals surface area (Å²) in [6.07, 6.45) is 5.62. The molecule has 0 unspecified atom stereocenters. The van der Waals surface area contributed by atoms with E-state index in [4.69, 9.17) is 0 Å². The van der Waals surface area contributed by atoms with Crippen LogP contribution in [0.15, 0.2) is 6.20 Å². The molecule has 0 bridgehead atoms. The number of amides is 1. The molecule has 0 aromatic carbocycles. The van der Waals surface area contributed by atoms with Crippen molar-refractivity contribution in [3.63, 3.8) is 0 Å². The zero-order chi connectivity index (χ0) is 14.6. The van der Waals surface area contributed by atoms with E-state index in [-0.39, 0.29) is 11.3 Å². The maximum Gasteiger partial charge on any atom is 0.263 e. The van der Waals surface area contributed by atoms with E-state index < -0.39 is 0 Å². The lowest BCUT2D eigenvalue weighted by molar-refractivity contribution is 0.0950. The molecule has 0 radical (unpaired) electrons. The third-order valence-corrected chi connectivity index (χ3v) is 4.96. The van der Waals surface area contributed by atoms with Gasteiger partial charge in [0.15, 0.2) is 0 Å². The van der Waals surface area contributed by atoms with Gasteiger partial charge in [-0.3, -0.25) is 4.79 Å². The molecular formula is C15H25N3OS. The first-order chi connectivity index (χ1) is 9.47. The number of thiazole rings is 1. The smallest absolute Gasteiger partial charge is 0.263 e. The van der Waals surface area contributed by atoms with Gasteiger partial charge < -0.3 is 10.2 Å². The monoisotopic (exact) mass is 295 g/mol. The van der Waals surface area contributed by atoms with Crippen molar-refractivity contribution in [2.75, 3.05) is 26.2 Å². The van der Waals surface area contributed by atoms with Crippen LogP contribution >= 0.6 is 11.3 Å². The fraction of sp³-hybridized carbons (Fsp3) is 0.733. The lowest BCUT2D eigenvalue weighted by atomic mass is 9.98. The molecule has 0 atom stereocenters. The number of rotatable bonds is 4. The predicted octanol–water partition coefficient (Wildman–Crippen LogP) is 2.66. The first-order valence-corrected chi connectivity index (χ1v) is 8.25. The number of carbonyl (C=O) groups excluding carboxylic acids is 1. The number of aromatic nitrogens is 1. The Kier molecular flexibility index (Phi) is 5.16. The zero-order valence-corrected chi connectivity index (χ0v) is 13.6. The first kappa shape index (κ1) is 15.4. The Morgan fingerprint density at radius 1 is 1.35 bits per heavy atom. The summed E-state index contributed by atoms with van der Waals surface area (Å²) in [6.45, 7) is 10.4. The van der Waals surface area contributed by atoms with Crippen molar-refractivity contribution in [2.24, 2.45) is 0 Å². The predicted molar refractivity (Wildman–Crippen MR) is 83.4 cm³/mol. The molecule has 2 heterocycles. The summed E-state index contributed by atoms with van der Waals surface area (Å²) in [5.74, 6) is 0.00927. The van der Waals surface area contributed by atoms with Gasteiger partial charge in [-0.05, 0) is 25.9 Å². The Morgan fingerprint density at radius 3 is 2.65 bits per heavy atom. The van der Waals surface area contributed by atoms with Crippen LogP contribution in [0.1, 0.15) is 54.7 Å². The molecule has 1 N–H and O–H groups in total. The number of nitrogens with zero attached hydrogens (tertiary/aromatic N) is 2. The van der Waals surface area contributed by atoms with Gasteiger partial charge in [-0.25, -0.2) is 4.98 Å². The van der Waals surface area contributed by atoms with E-state index in [1.807, 2.05) is 0 Å². The highest BCUT2D eigenvalue weighted by Crippen LogP contribution is 2.26. The van der Waals surface area contributed by atoms with Crippen molar-refractivity contribution in [3.05, 3.63) is 16.1 Å². The molecule has 1 aromatic rings. The summed E-state index contributed by atoms with van der Waals surface area (Å²) in [4.78, 5) is 19.6. The van der Waals surface area contributed by atoms with Crippen LogP contribution in [0.5, 0.6) is 0 Å². The molecule has 1 aliphatic heterocycles. The van der Waals surface area contributed by atoms with Crippen LogP contribution in [0.4, 0.5) is 0 Å². The van der Waals surface area contributed by atoms with Gasteiger partial charge in [0.2, 0.25) is 0 Å². The second-order valence-electron chi connectivity index (χ2n) is 6.44. The summed E-state index contributed by atoms with van der Waals surface area (Å²) >= 11 is 1.50. The SMILES string of the molecule is CC(C)(C)c1ncc(C(=O)NCCN2CCCCC2)s1. The number of piperidine rings is 1. The molecule has 1 aromatic heterocycles. The van der Waals surface area contributed by atoms with Crippen molar-refractivity contribution < 1.29 is 4.79 Å². The van der Waals surface area contributed by atoms with E-state index in [0.717, 1.165) is 18.1 Å². The minimum absolute atomic E-state index is 0.00927. The number of likely N-dealkylation sites (tertiary alicyclic amines) is 1. The molecular weight excluding hydrogens is 270 g/mol. The van der Waals surface area contributed by atoms with Gasteiger partial charge in [0, 0.05) is 18.5 Å². The van der Waals surface area contributed by atoms with Crippen LogP contribution in [0, 0.1) is 0 Å². The molecule has 1 aliphatic rings. The van der Waals surface area contributed by atoms with E-state index >= 15 is 0 Å². The average molecular weight is 295 g/mol. The number of hydrogen-bond acceptors (Lipinski definition) is 4. The molecule has 1 fully saturated rings. The van der Waals surface area contributed by atoms with Gasteiger partial charge in [-0.15, -0.1) is 11.3 Å². The van der Waals surface area contributed by atoms with E-state index in [0.29, 0.717) is 4.88 Å². The summed E-state index contributed by atoms with van der Waals surface area (Å²) < 4.78 is 0. The summed E-state index contributed by atoms with van der Waals surface area (Å²) in [5.41, 5.74) is 0.0109. The molecule has 0 saturated carbocycles. The molecule has 4 nitrogen and oxygen atoms in total. The summed E-state index contributed by atoms with van der Waals surface area (Å²) in [7, 11) is 0. The van der Waals surface area contributed by atoms with Crippen LogP contribution < -0.4 is 5.32 Å². The standard InChI is InChI=1S/C15H25N3OS/c1-15(2,3)14-17-11-12(20-14)13(19)16-7-10-18-8-5-4-6-9-18/h11H,4-10H2,1-3H3,(H,16,19). The van der Waals surface area contributed by atoms with Gasteiger partial charge in [0.05, 0.1) is 11.2 Å². The molecule has 1 saturated heterocycles. The molecule has 0 spiro atoms. The lowest BCUT2D eigenvalue weighted by Crippen LogP contribution is -2.37. The summed E-state index contributed by atoms with van der Waals surface area (Å²) in [6, 6.07) is 0. The second kappa shape index (κ2) is 6.68. The average Bonchev–Trinajstić information content (AvgIpc) is 2.89. The van der Waals surface area contributed by atoms with Crippen LogP contribution in [-0.4, -0.2) is 42.0 Å². The second-order valence-corrected chi connectivity index (χ2v) is 7.47. The molecule has 2 rings (SSSR count). The third kappa shape index (κ3) is 4.28. The van der Waals surface area contributed by atoms with Gasteiger partial charge in [0.25, 0.3) is 5.91 Å². The maximum absolute atomic E-state index is 12.1. The van der Waals surface area contributed by atoms with Crippen molar-refractivity contribution in [1.29, 1.82) is 0 Å². The van der Waals surface area contributed by atoms with Crippen LogP contribution in [-0.2, 0) is 5.41 Å². The van der Waals surface area contributed by atoms with Gasteiger partial charge in [0.1, 0.15) is 4.88 Å². The Hall–Kier alpha value is -0.940. The van der Waals surface area contributed by atoms with Crippen molar-refractivity contribution >= 4 is 17.2 Å². The van der Waals surface area contributed by atoms with E-state index in [1.165, 1.54) is 43.7 Å². The van der Waals surface area contributed by atoms with Crippen molar-refractivity contribution in [3.8, 4) is 0 Å². The third-order valence-electron chi connectivity index (χ3n) is 3.53. The van der Waals surface area contributed by atoms with Crippen molar-refractivity contribution in [1.82, 2.24) is 15.2 Å². The quantitative estimate of drug-likeness (QED) is 0.929. The highest BCUT2D eigenvalue weighted by atomic mass is 32.1. The van der Waals surface area contributed by atoms with Crippen LogP contribution in [0.3, 0.4) is 0 Å². The van der Waals surface area contributed by atoms with E-state index in [2.05, 4.69) is 36.0 Å². The highest BCUT2D eigenvalue weighted by molar-refractivity contribution is 7.13. The molecule has 5 heteroatoms. The zero-order valence-electron chi connectivity index (χ0n) is 12.7. The Labute approximate surface area is 125 Å². The number of hydrogen-bond donors (Lipinski definition) is 1. The fourth-order valence-electron chi connectivity index (χ4n) is 2.32. The molecule has 0 aliphatic carbocycles. The largest absolute Gasteiger partial charge is 0.350 e. The summed E-state index contributed by atoms with van der Waals surface area (Å²) in [5, 5.41) is 4.01. The van der Waals surface area contributed by atoms with E-state index in [9.17, 15) is 4.79 Å². The molecule has 1 amide bonds. The first-order valence-electron chi connectivity index (χ1n) is 7.44. The normalized spacial score (nSPS) is 17.1. The fourth-order valence-corrected chi connectivity index (χ4v) is 3.21.